The second kappa shape index (κ2) is 55.8. The quantitative estimate of drug-likeness (QED) is 0.0143. The molecule has 0 aliphatic carbocycles. The Labute approximate surface area is 531 Å². The van der Waals surface area contributed by atoms with E-state index in [0.29, 0.717) is 43.7 Å². The number of aliphatic hydroxyl groups is 2. The van der Waals surface area contributed by atoms with Crippen molar-refractivity contribution in [3.63, 3.8) is 0 Å². The van der Waals surface area contributed by atoms with E-state index in [2.05, 4.69) is 27.7 Å². The lowest BCUT2D eigenvalue weighted by atomic mass is 10.1. The first-order valence-corrected chi connectivity index (χ1v) is 35.2. The number of carboxylic acid groups (broad SMARTS) is 4. The number of ether oxygens (including phenoxy) is 4. The molecule has 10 atom stereocenters. The Morgan fingerprint density at radius 2 is 0.534 bits per heavy atom. The van der Waals surface area contributed by atoms with Crippen LogP contribution in [0.1, 0.15) is 310 Å². The summed E-state index contributed by atoms with van der Waals surface area (Å²) < 4.78 is 22.2. The molecule has 0 aromatic carbocycles. The van der Waals surface area contributed by atoms with Crippen molar-refractivity contribution in [1.29, 1.82) is 0 Å². The van der Waals surface area contributed by atoms with Crippen molar-refractivity contribution in [2.45, 2.75) is 371 Å². The SMILES string of the molecule is CCCCCC(=O)/C=C/C1OC1CCCCCCCC(=O)O.CCCCCC(O)/C=C/C1OC1CCCCCCCC(=O)O.CCCCCC1OC1/C=C/C(=O)CCCCCCCC(=O)O.CCCCCC1OC1/C=C/C(O)CCCCCCCC(=O)O. The van der Waals surface area contributed by atoms with Crippen molar-refractivity contribution < 1.29 is 78.4 Å². The van der Waals surface area contributed by atoms with Gasteiger partial charge in [-0.25, -0.2) is 0 Å². The first-order chi connectivity index (χ1) is 42.5. The molecule has 0 radical (unpaired) electrons. The highest BCUT2D eigenvalue weighted by Gasteiger charge is 2.38. The average molecular weight is 1250 g/mol. The fraction of sp³-hybridized carbons (Fsp3) is 0.806. The number of hydrogen-bond donors (Lipinski definition) is 6. The van der Waals surface area contributed by atoms with Crippen LogP contribution in [0.5, 0.6) is 0 Å². The number of epoxide rings is 4. The number of carbonyl (C=O) groups excluding carboxylic acids is 2. The molecule has 4 aliphatic rings. The molecule has 0 aromatic rings. The van der Waals surface area contributed by atoms with E-state index in [1.807, 2.05) is 36.5 Å². The molecule has 4 saturated heterocycles. The molecular weight excluding hydrogens is 1120 g/mol. The number of carboxylic acids is 4. The lowest BCUT2D eigenvalue weighted by molar-refractivity contribution is -0.138. The van der Waals surface area contributed by atoms with E-state index in [9.17, 15) is 39.0 Å². The third-order valence-corrected chi connectivity index (χ3v) is 16.3. The second-order valence-electron chi connectivity index (χ2n) is 24.8. The minimum atomic E-state index is -0.726. The number of unbranched alkanes of at least 4 members (excludes halogenated alkanes) is 24. The molecule has 6 N–H and O–H groups in total. The molecule has 88 heavy (non-hydrogen) atoms. The smallest absolute Gasteiger partial charge is 0.303 e. The van der Waals surface area contributed by atoms with Gasteiger partial charge in [0.05, 0.1) is 36.6 Å². The Hall–Kier alpha value is -4.06. The first kappa shape index (κ1) is 82.0. The highest BCUT2D eigenvalue weighted by atomic mass is 16.6. The molecule has 4 fully saturated rings. The number of rotatable bonds is 56. The van der Waals surface area contributed by atoms with Crippen molar-refractivity contribution in [3.8, 4) is 0 Å². The van der Waals surface area contributed by atoms with Gasteiger partial charge in [-0.15, -0.1) is 0 Å². The minimum absolute atomic E-state index is 0.141. The molecule has 0 spiro atoms. The number of allylic oxidation sites excluding steroid dienone is 2. The van der Waals surface area contributed by atoms with Gasteiger partial charge in [0.15, 0.2) is 11.6 Å². The monoisotopic (exact) mass is 1240 g/mol. The zero-order valence-electron chi connectivity index (χ0n) is 55.3. The summed E-state index contributed by atoms with van der Waals surface area (Å²) in [5.41, 5.74) is 0. The zero-order valence-corrected chi connectivity index (χ0v) is 55.3. The number of aliphatic hydroxyl groups excluding tert-OH is 2. The molecule has 508 valence electrons. The van der Waals surface area contributed by atoms with Crippen LogP contribution in [0.25, 0.3) is 0 Å². The third-order valence-electron chi connectivity index (χ3n) is 16.3. The van der Waals surface area contributed by atoms with Gasteiger partial charge in [-0.1, -0.05) is 219 Å². The lowest BCUT2D eigenvalue weighted by Gasteiger charge is -2.05. The van der Waals surface area contributed by atoms with Crippen LogP contribution in [0.4, 0.5) is 0 Å². The summed E-state index contributed by atoms with van der Waals surface area (Å²) in [5, 5.41) is 53.8. The van der Waals surface area contributed by atoms with Gasteiger partial charge in [0.2, 0.25) is 0 Å². The zero-order chi connectivity index (χ0) is 64.8. The molecular formula is C72H124O16. The summed E-state index contributed by atoms with van der Waals surface area (Å²) in [6.07, 6.45) is 58.4. The van der Waals surface area contributed by atoms with Crippen LogP contribution in [0.3, 0.4) is 0 Å². The number of ketones is 2. The molecule has 16 nitrogen and oxygen atoms in total. The van der Waals surface area contributed by atoms with Gasteiger partial charge in [0, 0.05) is 38.5 Å². The second-order valence-corrected chi connectivity index (χ2v) is 24.8. The van der Waals surface area contributed by atoms with Crippen LogP contribution in [0.15, 0.2) is 48.6 Å². The van der Waals surface area contributed by atoms with Gasteiger partial charge in [-0.05, 0) is 101 Å². The Bertz CT molecular complexity index is 1910. The van der Waals surface area contributed by atoms with Gasteiger partial charge >= 0.3 is 23.9 Å². The predicted molar refractivity (Wildman–Crippen MR) is 350 cm³/mol. The molecule has 4 rings (SSSR count). The maximum absolute atomic E-state index is 11.7. The molecule has 4 aliphatic heterocycles. The predicted octanol–water partition coefficient (Wildman–Crippen LogP) is 16.7. The number of aliphatic carboxylic acids is 4. The summed E-state index contributed by atoms with van der Waals surface area (Å²) in [5.74, 6) is -2.45. The van der Waals surface area contributed by atoms with Crippen molar-refractivity contribution in [2.24, 2.45) is 0 Å². The summed E-state index contributed by atoms with van der Waals surface area (Å²) >= 11 is 0. The van der Waals surface area contributed by atoms with Crippen molar-refractivity contribution >= 4 is 35.4 Å². The van der Waals surface area contributed by atoms with Crippen molar-refractivity contribution in [3.05, 3.63) is 48.6 Å². The number of carbonyl (C=O) groups is 6. The van der Waals surface area contributed by atoms with E-state index >= 15 is 0 Å². The molecule has 0 aromatic heterocycles. The third kappa shape index (κ3) is 53.7. The van der Waals surface area contributed by atoms with E-state index in [1.165, 1.54) is 51.4 Å². The molecule has 4 heterocycles. The Kier molecular flexibility index (Phi) is 51.9. The fourth-order valence-electron chi connectivity index (χ4n) is 10.4. The fourth-order valence-corrected chi connectivity index (χ4v) is 10.4. The summed E-state index contributed by atoms with van der Waals surface area (Å²) in [4.78, 5) is 64.7. The standard InChI is InChI=1S/C18H32O4.C18H30O4.C18H32O4.C18H30O4/c2*1-2-3-7-11-16-17(22-16)14-13-15(19)10-8-5-4-6-9-12-18(20)21;2*1-2-3-7-10-15(19)13-14-17-16(22-17)11-8-5-4-6-9-12-18(20)21/h13-17,19H,2-12H2,1H3,(H,20,21);13-14,16-17H,2-12H2,1H3,(H,20,21);13-17,19H,2-12H2,1H3,(H,20,21);13-14,16-17H,2-12H2,1H3,(H,20,21)/b4*14-13+. The normalized spacial score (nSPS) is 21.2. The Balaban J connectivity index is 0.000000587. The Morgan fingerprint density at radius 1 is 0.307 bits per heavy atom. The van der Waals surface area contributed by atoms with Gasteiger partial charge in [0.25, 0.3) is 0 Å². The lowest BCUT2D eigenvalue weighted by Crippen LogP contribution is -2.02. The van der Waals surface area contributed by atoms with Crippen molar-refractivity contribution in [2.75, 3.05) is 0 Å². The maximum Gasteiger partial charge on any atom is 0.303 e. The summed E-state index contributed by atoms with van der Waals surface area (Å²) in [6.45, 7) is 8.69. The van der Waals surface area contributed by atoms with E-state index in [4.69, 9.17) is 39.4 Å². The van der Waals surface area contributed by atoms with Crippen LogP contribution in [0.2, 0.25) is 0 Å². The minimum Gasteiger partial charge on any atom is -0.481 e. The summed E-state index contributed by atoms with van der Waals surface area (Å²) in [6, 6.07) is 0. The van der Waals surface area contributed by atoms with E-state index in [0.717, 1.165) is 193 Å². The van der Waals surface area contributed by atoms with Gasteiger partial charge in [0.1, 0.15) is 24.4 Å². The first-order valence-electron chi connectivity index (χ1n) is 35.2. The van der Waals surface area contributed by atoms with Crippen LogP contribution in [-0.2, 0) is 47.7 Å². The van der Waals surface area contributed by atoms with Crippen molar-refractivity contribution in [1.82, 2.24) is 0 Å². The Morgan fingerprint density at radius 3 is 0.852 bits per heavy atom. The van der Waals surface area contributed by atoms with E-state index in [-0.39, 0.29) is 67.5 Å². The molecule has 16 heteroatoms. The topological polar surface area (TPSA) is 274 Å². The highest BCUT2D eigenvalue weighted by Crippen LogP contribution is 2.32. The molecule has 10 unspecified atom stereocenters. The molecule has 0 saturated carbocycles. The van der Waals surface area contributed by atoms with Crippen LogP contribution in [-0.4, -0.2) is 127 Å². The highest BCUT2D eigenvalue weighted by molar-refractivity contribution is 5.90. The van der Waals surface area contributed by atoms with Crippen LogP contribution < -0.4 is 0 Å². The molecule has 0 amide bonds. The number of hydrogen-bond acceptors (Lipinski definition) is 12. The van der Waals surface area contributed by atoms with E-state index < -0.39 is 23.9 Å². The van der Waals surface area contributed by atoms with Gasteiger partial charge < -0.3 is 49.6 Å². The van der Waals surface area contributed by atoms with Gasteiger partial charge in [-0.3, -0.25) is 28.8 Å². The maximum atomic E-state index is 11.7. The largest absolute Gasteiger partial charge is 0.481 e. The van der Waals surface area contributed by atoms with Crippen LogP contribution in [0, 0.1) is 0 Å². The molecule has 0 bridgehead atoms. The van der Waals surface area contributed by atoms with Gasteiger partial charge in [-0.2, -0.15) is 0 Å². The van der Waals surface area contributed by atoms with Crippen LogP contribution >= 0.6 is 0 Å². The summed E-state index contributed by atoms with van der Waals surface area (Å²) in [7, 11) is 0. The average Bonchev–Trinajstić information content (AvgIpc) is 4.53. The van der Waals surface area contributed by atoms with E-state index in [1.54, 1.807) is 12.2 Å².